The lowest BCUT2D eigenvalue weighted by molar-refractivity contribution is 0.422. The first-order chi connectivity index (χ1) is 7.06. The van der Waals surface area contributed by atoms with Crippen LogP contribution in [-0.2, 0) is 0 Å². The molecule has 0 saturated heterocycles. The second kappa shape index (κ2) is 5.53. The molecule has 1 unspecified atom stereocenters. The number of aryl methyl sites for hydroxylation is 1. The fourth-order valence-corrected chi connectivity index (χ4v) is 1.95. The average molecular weight is 226 g/mol. The Morgan fingerprint density at radius 1 is 1.33 bits per heavy atom. The molecule has 0 spiro atoms. The molecule has 2 heteroatoms. The molecule has 0 aliphatic rings. The molecule has 0 heterocycles. The van der Waals surface area contributed by atoms with E-state index in [-0.39, 0.29) is 0 Å². The van der Waals surface area contributed by atoms with E-state index < -0.39 is 0 Å². The van der Waals surface area contributed by atoms with Crippen LogP contribution in [0, 0.1) is 12.8 Å². The van der Waals surface area contributed by atoms with Crippen molar-refractivity contribution in [3.05, 3.63) is 34.3 Å². The van der Waals surface area contributed by atoms with Gasteiger partial charge >= 0.3 is 0 Å². The molecule has 0 aliphatic heterocycles. The van der Waals surface area contributed by atoms with Gasteiger partial charge in [0.25, 0.3) is 0 Å². The van der Waals surface area contributed by atoms with Gasteiger partial charge in [0, 0.05) is 11.1 Å². The van der Waals surface area contributed by atoms with Crippen LogP contribution in [0.25, 0.3) is 0 Å². The average Bonchev–Trinajstić information content (AvgIpc) is 2.18. The van der Waals surface area contributed by atoms with Gasteiger partial charge in [0.05, 0.1) is 0 Å². The zero-order valence-corrected chi connectivity index (χ0v) is 10.7. The SMILES string of the molecule is CCNC(c1ccc(C)c(Cl)c1)C(C)C. The highest BCUT2D eigenvalue weighted by atomic mass is 35.5. The van der Waals surface area contributed by atoms with Gasteiger partial charge in [-0.3, -0.25) is 0 Å². The Labute approximate surface area is 97.8 Å². The minimum Gasteiger partial charge on any atom is -0.310 e. The third-order valence-corrected chi connectivity index (χ3v) is 3.05. The summed E-state index contributed by atoms with van der Waals surface area (Å²) in [5.74, 6) is 0.573. The van der Waals surface area contributed by atoms with Crippen molar-refractivity contribution in [2.75, 3.05) is 6.54 Å². The molecule has 84 valence electrons. The first-order valence-electron chi connectivity index (χ1n) is 5.55. The minimum absolute atomic E-state index is 0.396. The van der Waals surface area contributed by atoms with Crippen LogP contribution in [0.15, 0.2) is 18.2 Å². The summed E-state index contributed by atoms with van der Waals surface area (Å²) < 4.78 is 0. The highest BCUT2D eigenvalue weighted by Gasteiger charge is 2.14. The van der Waals surface area contributed by atoms with E-state index in [0.717, 1.165) is 17.1 Å². The van der Waals surface area contributed by atoms with Gasteiger partial charge in [0.1, 0.15) is 0 Å². The normalized spacial score (nSPS) is 13.2. The summed E-state index contributed by atoms with van der Waals surface area (Å²) in [6.45, 7) is 9.59. The van der Waals surface area contributed by atoms with Crippen molar-refractivity contribution in [2.24, 2.45) is 5.92 Å². The lowest BCUT2D eigenvalue weighted by atomic mass is 9.95. The van der Waals surface area contributed by atoms with Gasteiger partial charge in [-0.05, 0) is 36.6 Å². The summed E-state index contributed by atoms with van der Waals surface area (Å²) in [5.41, 5.74) is 2.42. The predicted octanol–water partition coefficient (Wildman–Crippen LogP) is 3.96. The number of rotatable bonds is 4. The van der Waals surface area contributed by atoms with E-state index in [9.17, 15) is 0 Å². The Kier molecular flexibility index (Phi) is 4.62. The first kappa shape index (κ1) is 12.5. The largest absolute Gasteiger partial charge is 0.310 e. The topological polar surface area (TPSA) is 12.0 Å². The van der Waals surface area contributed by atoms with Crippen LogP contribution in [-0.4, -0.2) is 6.54 Å². The van der Waals surface area contributed by atoms with Crippen molar-refractivity contribution in [3.63, 3.8) is 0 Å². The van der Waals surface area contributed by atoms with E-state index in [4.69, 9.17) is 11.6 Å². The molecule has 0 bridgehead atoms. The number of hydrogen-bond donors (Lipinski definition) is 1. The van der Waals surface area contributed by atoms with Gasteiger partial charge in [0.15, 0.2) is 0 Å². The van der Waals surface area contributed by atoms with Crippen molar-refractivity contribution in [2.45, 2.75) is 33.7 Å². The molecule has 1 aromatic rings. The first-order valence-corrected chi connectivity index (χ1v) is 5.93. The molecule has 0 aromatic heterocycles. The Balaban J connectivity index is 2.95. The van der Waals surface area contributed by atoms with Crippen LogP contribution < -0.4 is 5.32 Å². The van der Waals surface area contributed by atoms with Crippen molar-refractivity contribution in [3.8, 4) is 0 Å². The van der Waals surface area contributed by atoms with E-state index in [1.54, 1.807) is 0 Å². The van der Waals surface area contributed by atoms with Crippen molar-refractivity contribution in [1.29, 1.82) is 0 Å². The molecule has 1 atom stereocenters. The molecule has 1 aromatic carbocycles. The van der Waals surface area contributed by atoms with Gasteiger partial charge < -0.3 is 5.32 Å². The van der Waals surface area contributed by atoms with E-state index in [2.05, 4.69) is 44.3 Å². The Morgan fingerprint density at radius 3 is 2.47 bits per heavy atom. The van der Waals surface area contributed by atoms with Gasteiger partial charge in [-0.1, -0.05) is 44.5 Å². The molecule has 1 nitrogen and oxygen atoms in total. The van der Waals surface area contributed by atoms with Gasteiger partial charge in [-0.15, -0.1) is 0 Å². The van der Waals surface area contributed by atoms with E-state index >= 15 is 0 Å². The summed E-state index contributed by atoms with van der Waals surface area (Å²) in [6.07, 6.45) is 0. The van der Waals surface area contributed by atoms with Crippen molar-refractivity contribution in [1.82, 2.24) is 5.32 Å². The highest BCUT2D eigenvalue weighted by Crippen LogP contribution is 2.25. The van der Waals surface area contributed by atoms with E-state index in [1.807, 2.05) is 6.92 Å². The monoisotopic (exact) mass is 225 g/mol. The van der Waals surface area contributed by atoms with Crippen LogP contribution in [0.1, 0.15) is 37.9 Å². The zero-order valence-electron chi connectivity index (χ0n) is 9.97. The predicted molar refractivity (Wildman–Crippen MR) is 67.4 cm³/mol. The molecule has 1 rings (SSSR count). The summed E-state index contributed by atoms with van der Waals surface area (Å²) in [6, 6.07) is 6.72. The van der Waals surface area contributed by atoms with E-state index in [0.29, 0.717) is 12.0 Å². The third kappa shape index (κ3) is 3.22. The van der Waals surface area contributed by atoms with Crippen LogP contribution in [0.2, 0.25) is 5.02 Å². The zero-order chi connectivity index (χ0) is 11.4. The second-order valence-electron chi connectivity index (χ2n) is 4.29. The molecular weight excluding hydrogens is 206 g/mol. The molecular formula is C13H20ClN. The molecule has 0 radical (unpaired) electrons. The standard InChI is InChI=1S/C13H20ClN/c1-5-15-13(9(2)3)11-7-6-10(4)12(14)8-11/h6-9,13,15H,5H2,1-4H3. The Bertz CT molecular complexity index is 320. The smallest absolute Gasteiger partial charge is 0.0438 e. The molecule has 0 fully saturated rings. The van der Waals surface area contributed by atoms with Gasteiger partial charge in [-0.25, -0.2) is 0 Å². The quantitative estimate of drug-likeness (QED) is 0.818. The molecule has 1 N–H and O–H groups in total. The number of halogens is 1. The maximum atomic E-state index is 6.13. The number of benzene rings is 1. The Morgan fingerprint density at radius 2 is 2.00 bits per heavy atom. The summed E-state index contributed by atoms with van der Waals surface area (Å²) in [5, 5.41) is 4.34. The summed E-state index contributed by atoms with van der Waals surface area (Å²) in [7, 11) is 0. The van der Waals surface area contributed by atoms with Gasteiger partial charge in [0.2, 0.25) is 0 Å². The van der Waals surface area contributed by atoms with Crippen molar-refractivity contribution < 1.29 is 0 Å². The number of nitrogens with one attached hydrogen (secondary N) is 1. The molecule has 0 amide bonds. The van der Waals surface area contributed by atoms with E-state index in [1.165, 1.54) is 5.56 Å². The maximum absolute atomic E-state index is 6.13. The van der Waals surface area contributed by atoms with Crippen LogP contribution in [0.3, 0.4) is 0 Å². The fraction of sp³-hybridized carbons (Fsp3) is 0.538. The summed E-state index contributed by atoms with van der Waals surface area (Å²) in [4.78, 5) is 0. The molecule has 0 aliphatic carbocycles. The lowest BCUT2D eigenvalue weighted by Gasteiger charge is -2.22. The third-order valence-electron chi connectivity index (χ3n) is 2.65. The van der Waals surface area contributed by atoms with Crippen LogP contribution in [0.4, 0.5) is 0 Å². The highest BCUT2D eigenvalue weighted by molar-refractivity contribution is 6.31. The van der Waals surface area contributed by atoms with Crippen LogP contribution in [0.5, 0.6) is 0 Å². The minimum atomic E-state index is 0.396. The number of hydrogen-bond acceptors (Lipinski definition) is 1. The van der Waals surface area contributed by atoms with Crippen LogP contribution >= 0.6 is 11.6 Å². The Hall–Kier alpha value is -0.530. The molecule has 0 saturated carbocycles. The second-order valence-corrected chi connectivity index (χ2v) is 4.70. The fourth-order valence-electron chi connectivity index (χ4n) is 1.76. The molecule has 15 heavy (non-hydrogen) atoms. The van der Waals surface area contributed by atoms with Gasteiger partial charge in [-0.2, -0.15) is 0 Å². The maximum Gasteiger partial charge on any atom is 0.0438 e. The summed E-state index contributed by atoms with van der Waals surface area (Å²) >= 11 is 6.13. The lowest BCUT2D eigenvalue weighted by Crippen LogP contribution is -2.25. The van der Waals surface area contributed by atoms with Crippen molar-refractivity contribution >= 4 is 11.6 Å².